The maximum absolute atomic E-state index is 13.3. The van der Waals surface area contributed by atoms with Gasteiger partial charge in [-0.05, 0) is 38.0 Å². The molecular weight excluding hydrogens is 348 g/mol. The van der Waals surface area contributed by atoms with Crippen LogP contribution in [0, 0.1) is 5.92 Å². The Morgan fingerprint density at radius 3 is 2.12 bits per heavy atom. The monoisotopic (exact) mass is 368 g/mol. The van der Waals surface area contributed by atoms with Gasteiger partial charge in [0.1, 0.15) is 0 Å². The zero-order valence-electron chi connectivity index (χ0n) is 14.2. The average molecular weight is 369 g/mol. The maximum atomic E-state index is 13.3. The van der Waals surface area contributed by atoms with Gasteiger partial charge >= 0.3 is 11.9 Å². The average Bonchev–Trinajstić information content (AvgIpc) is 3.07. The summed E-state index contributed by atoms with van der Waals surface area (Å²) in [6.07, 6.45) is 0.364. The Balaban J connectivity index is 2.43. The molecule has 0 aliphatic carbocycles. The van der Waals surface area contributed by atoms with Crippen molar-refractivity contribution >= 4 is 29.3 Å². The van der Waals surface area contributed by atoms with Crippen LogP contribution < -0.4 is 0 Å². The molecule has 0 radical (unpaired) electrons. The van der Waals surface area contributed by atoms with Gasteiger partial charge in [0.15, 0.2) is 5.78 Å². The molecule has 1 aliphatic rings. The van der Waals surface area contributed by atoms with Crippen molar-refractivity contribution in [2.24, 2.45) is 5.92 Å². The fraction of sp³-hybridized carbons (Fsp3) is 0.500. The van der Waals surface area contributed by atoms with E-state index in [1.807, 2.05) is 0 Å². The van der Waals surface area contributed by atoms with Crippen LogP contribution in [0.4, 0.5) is 0 Å². The lowest BCUT2D eigenvalue weighted by atomic mass is 9.72. The molecule has 25 heavy (non-hydrogen) atoms. The van der Waals surface area contributed by atoms with E-state index in [1.165, 1.54) is 0 Å². The van der Waals surface area contributed by atoms with E-state index in [2.05, 4.69) is 0 Å². The molecule has 1 atom stereocenters. The molecule has 1 aliphatic heterocycles. The molecule has 1 heterocycles. The third kappa shape index (κ3) is 4.02. The smallest absolute Gasteiger partial charge is 0.328 e. The van der Waals surface area contributed by atoms with Crippen molar-refractivity contribution in [2.75, 3.05) is 26.4 Å². The highest BCUT2D eigenvalue weighted by atomic mass is 35.5. The second-order valence-electron chi connectivity index (χ2n) is 5.69. The van der Waals surface area contributed by atoms with Crippen molar-refractivity contribution in [1.29, 1.82) is 0 Å². The summed E-state index contributed by atoms with van der Waals surface area (Å²) in [4.78, 5) is 37.8. The second kappa shape index (κ2) is 8.45. The Labute approximate surface area is 151 Å². The number of carbonyl (C=O) groups is 3. The van der Waals surface area contributed by atoms with Crippen LogP contribution in [0.3, 0.4) is 0 Å². The van der Waals surface area contributed by atoms with Gasteiger partial charge in [-0.1, -0.05) is 23.7 Å². The Morgan fingerprint density at radius 2 is 1.68 bits per heavy atom. The zero-order chi connectivity index (χ0) is 18.4. The molecule has 0 bridgehead atoms. The van der Waals surface area contributed by atoms with E-state index >= 15 is 0 Å². The first-order chi connectivity index (χ1) is 12.0. The summed E-state index contributed by atoms with van der Waals surface area (Å²) in [5.74, 6) is -3.99. The summed E-state index contributed by atoms with van der Waals surface area (Å²) in [5, 5.41) is 0.526. The number of ether oxygens (including phenoxy) is 3. The second-order valence-corrected chi connectivity index (χ2v) is 6.13. The molecule has 2 rings (SSSR count). The first-order valence-electron chi connectivity index (χ1n) is 8.17. The number of Topliss-reactive ketones (excluding diaryl/α,β-unsaturated/α-hetero) is 1. The molecule has 1 aromatic carbocycles. The SMILES string of the molecule is CCOC(=O)C(C(=O)OCC)C(=O)[C@@]1(c2ccc(Cl)cc2)CCOC1. The standard InChI is InChI=1S/C18H21ClO6/c1-3-24-16(21)14(17(22)25-4-2)15(20)18(9-10-23-11-18)12-5-7-13(19)8-6-12/h5-8,14H,3-4,9-11H2,1-2H3/t18-/m0/s1. The Kier molecular flexibility index (Phi) is 6.56. The highest BCUT2D eigenvalue weighted by molar-refractivity contribution is 6.30. The number of rotatable bonds is 7. The molecule has 1 fully saturated rings. The van der Waals surface area contributed by atoms with Gasteiger partial charge in [-0.15, -0.1) is 0 Å². The van der Waals surface area contributed by atoms with Gasteiger partial charge in [0.25, 0.3) is 0 Å². The maximum Gasteiger partial charge on any atom is 0.328 e. The summed E-state index contributed by atoms with van der Waals surface area (Å²) >= 11 is 5.92. The Hall–Kier alpha value is -1.92. The van der Waals surface area contributed by atoms with Gasteiger partial charge in [-0.25, -0.2) is 0 Å². The molecular formula is C18H21ClO6. The van der Waals surface area contributed by atoms with E-state index in [4.69, 9.17) is 25.8 Å². The first-order valence-corrected chi connectivity index (χ1v) is 8.55. The molecule has 0 spiro atoms. The molecule has 136 valence electrons. The van der Waals surface area contributed by atoms with Gasteiger partial charge in [0.2, 0.25) is 5.92 Å². The topological polar surface area (TPSA) is 78.9 Å². The predicted molar refractivity (Wildman–Crippen MR) is 90.3 cm³/mol. The van der Waals surface area contributed by atoms with Crippen LogP contribution in [0.15, 0.2) is 24.3 Å². The molecule has 0 amide bonds. The number of ketones is 1. The van der Waals surface area contributed by atoms with Crippen molar-refractivity contribution < 1.29 is 28.6 Å². The van der Waals surface area contributed by atoms with Gasteiger partial charge in [-0.3, -0.25) is 14.4 Å². The van der Waals surface area contributed by atoms with Crippen molar-refractivity contribution in [2.45, 2.75) is 25.7 Å². The molecule has 0 N–H and O–H groups in total. The fourth-order valence-corrected chi connectivity index (χ4v) is 3.06. The number of carbonyl (C=O) groups excluding carboxylic acids is 3. The number of esters is 2. The summed E-state index contributed by atoms with van der Waals surface area (Å²) in [6.45, 7) is 3.78. The summed E-state index contributed by atoms with van der Waals surface area (Å²) < 4.78 is 15.3. The van der Waals surface area contributed by atoms with E-state index in [9.17, 15) is 14.4 Å². The van der Waals surface area contributed by atoms with Crippen LogP contribution in [0.1, 0.15) is 25.8 Å². The van der Waals surface area contributed by atoms with Crippen LogP contribution in [-0.2, 0) is 34.0 Å². The quantitative estimate of drug-likeness (QED) is 0.543. The van der Waals surface area contributed by atoms with E-state index < -0.39 is 29.1 Å². The minimum Gasteiger partial charge on any atom is -0.465 e. The van der Waals surface area contributed by atoms with Crippen molar-refractivity contribution in [3.8, 4) is 0 Å². The third-order valence-electron chi connectivity index (χ3n) is 4.20. The minimum absolute atomic E-state index is 0.0620. The highest BCUT2D eigenvalue weighted by Crippen LogP contribution is 2.37. The lowest BCUT2D eigenvalue weighted by Crippen LogP contribution is -2.47. The van der Waals surface area contributed by atoms with Crippen LogP contribution in [0.5, 0.6) is 0 Å². The molecule has 6 nitrogen and oxygen atoms in total. The molecule has 0 saturated carbocycles. The van der Waals surface area contributed by atoms with E-state index in [-0.39, 0.29) is 19.8 Å². The van der Waals surface area contributed by atoms with Gasteiger partial charge in [-0.2, -0.15) is 0 Å². The normalized spacial score (nSPS) is 19.7. The molecule has 0 aromatic heterocycles. The van der Waals surface area contributed by atoms with Crippen LogP contribution >= 0.6 is 11.6 Å². The first kappa shape index (κ1) is 19.4. The van der Waals surface area contributed by atoms with E-state index in [0.29, 0.717) is 23.6 Å². The Bertz CT molecular complexity index is 615. The zero-order valence-corrected chi connectivity index (χ0v) is 15.0. The van der Waals surface area contributed by atoms with Crippen LogP contribution in [0.2, 0.25) is 5.02 Å². The van der Waals surface area contributed by atoms with Crippen LogP contribution in [-0.4, -0.2) is 44.1 Å². The molecule has 1 aromatic rings. The van der Waals surface area contributed by atoms with Crippen molar-refractivity contribution in [3.05, 3.63) is 34.9 Å². The van der Waals surface area contributed by atoms with Gasteiger partial charge in [0, 0.05) is 11.6 Å². The minimum atomic E-state index is -1.63. The number of hydrogen-bond donors (Lipinski definition) is 0. The van der Waals surface area contributed by atoms with Gasteiger partial charge in [0.05, 0.1) is 25.2 Å². The highest BCUT2D eigenvalue weighted by Gasteiger charge is 2.52. The molecule has 0 unspecified atom stereocenters. The van der Waals surface area contributed by atoms with Gasteiger partial charge < -0.3 is 14.2 Å². The summed E-state index contributed by atoms with van der Waals surface area (Å²) in [6, 6.07) is 6.74. The lowest BCUT2D eigenvalue weighted by molar-refractivity contribution is -0.165. The third-order valence-corrected chi connectivity index (χ3v) is 4.45. The number of halogens is 1. The number of hydrogen-bond acceptors (Lipinski definition) is 6. The number of benzene rings is 1. The largest absolute Gasteiger partial charge is 0.465 e. The van der Waals surface area contributed by atoms with Crippen molar-refractivity contribution in [1.82, 2.24) is 0 Å². The summed E-state index contributed by atoms with van der Waals surface area (Å²) in [5.41, 5.74) is -0.451. The van der Waals surface area contributed by atoms with E-state index in [0.717, 1.165) is 0 Å². The lowest BCUT2D eigenvalue weighted by Gasteiger charge is -2.29. The Morgan fingerprint density at radius 1 is 1.12 bits per heavy atom. The predicted octanol–water partition coefficient (Wildman–Crippen LogP) is 2.31. The summed E-state index contributed by atoms with van der Waals surface area (Å²) in [7, 11) is 0. The van der Waals surface area contributed by atoms with Crippen molar-refractivity contribution in [3.63, 3.8) is 0 Å². The fourth-order valence-electron chi connectivity index (χ4n) is 2.94. The molecule has 1 saturated heterocycles. The van der Waals surface area contributed by atoms with Crippen LogP contribution in [0.25, 0.3) is 0 Å². The van der Waals surface area contributed by atoms with E-state index in [1.54, 1.807) is 38.1 Å². The molecule has 7 heteroatoms.